The van der Waals surface area contributed by atoms with Crippen molar-refractivity contribution in [2.45, 2.75) is 13.0 Å². The van der Waals surface area contributed by atoms with Gasteiger partial charge in [0, 0.05) is 18.1 Å². The summed E-state index contributed by atoms with van der Waals surface area (Å²) in [6.07, 6.45) is 0. The lowest BCUT2D eigenvalue weighted by molar-refractivity contribution is -0.385. The molecule has 2 aromatic carbocycles. The fourth-order valence-corrected chi connectivity index (χ4v) is 2.33. The molecule has 126 valence electrons. The van der Waals surface area contributed by atoms with Crippen LogP contribution in [0.3, 0.4) is 0 Å². The molecule has 2 aromatic rings. The summed E-state index contributed by atoms with van der Waals surface area (Å²) in [4.78, 5) is 24.2. The molecular formula is C17H17ClN2O4. The van der Waals surface area contributed by atoms with Gasteiger partial charge in [-0.15, -0.1) is 0 Å². The summed E-state index contributed by atoms with van der Waals surface area (Å²) in [6, 6.07) is 13.5. The van der Waals surface area contributed by atoms with Gasteiger partial charge >= 0.3 is 5.69 Å². The molecule has 1 atom stereocenters. The smallest absolute Gasteiger partial charge is 0.312 e. The zero-order chi connectivity index (χ0) is 17.7. The Bertz CT molecular complexity index is 737. The van der Waals surface area contributed by atoms with Crippen LogP contribution in [0.15, 0.2) is 48.5 Å². The summed E-state index contributed by atoms with van der Waals surface area (Å²) >= 11 is 5.75. The van der Waals surface area contributed by atoms with Gasteiger partial charge in [-0.25, -0.2) is 0 Å². The lowest BCUT2D eigenvalue weighted by Gasteiger charge is -2.25. The van der Waals surface area contributed by atoms with Crippen LogP contribution < -0.4 is 4.74 Å². The number of ether oxygens (including phenoxy) is 1. The number of nitrogens with zero attached hydrogens (tertiary/aromatic N) is 2. The number of rotatable bonds is 6. The SMILES string of the molecule is CC(c1ccccc1)N(C)C(=O)COc1ccc(Cl)cc1[N+](=O)[O-]. The maximum absolute atomic E-state index is 12.3. The number of nitro benzene ring substituents is 1. The highest BCUT2D eigenvalue weighted by Crippen LogP contribution is 2.30. The molecule has 0 aliphatic rings. The minimum absolute atomic E-state index is 0.0125. The third-order valence-corrected chi connectivity index (χ3v) is 3.96. The van der Waals surface area contributed by atoms with Crippen molar-refractivity contribution in [3.63, 3.8) is 0 Å². The maximum atomic E-state index is 12.3. The molecule has 24 heavy (non-hydrogen) atoms. The number of hydrogen-bond acceptors (Lipinski definition) is 4. The van der Waals surface area contributed by atoms with Crippen molar-refractivity contribution in [1.82, 2.24) is 4.90 Å². The number of benzene rings is 2. The van der Waals surface area contributed by atoms with Crippen LogP contribution in [0.25, 0.3) is 0 Å². The Morgan fingerprint density at radius 1 is 1.29 bits per heavy atom. The summed E-state index contributed by atoms with van der Waals surface area (Å²) in [6.45, 7) is 1.61. The summed E-state index contributed by atoms with van der Waals surface area (Å²) in [5, 5.41) is 11.2. The van der Waals surface area contributed by atoms with Gasteiger partial charge in [-0.3, -0.25) is 14.9 Å². The molecule has 0 fully saturated rings. The van der Waals surface area contributed by atoms with Crippen LogP contribution in [0.4, 0.5) is 5.69 Å². The highest BCUT2D eigenvalue weighted by molar-refractivity contribution is 6.30. The lowest BCUT2D eigenvalue weighted by atomic mass is 10.1. The molecule has 6 nitrogen and oxygen atoms in total. The van der Waals surface area contributed by atoms with Gasteiger partial charge < -0.3 is 9.64 Å². The Kier molecular flexibility index (Phi) is 5.76. The Labute approximate surface area is 144 Å². The highest BCUT2D eigenvalue weighted by Gasteiger charge is 2.20. The van der Waals surface area contributed by atoms with Gasteiger partial charge in [-0.05, 0) is 24.6 Å². The molecule has 1 unspecified atom stereocenters. The van der Waals surface area contributed by atoms with Gasteiger partial charge in [0.15, 0.2) is 12.4 Å². The second-order valence-corrected chi connectivity index (χ2v) is 5.69. The number of likely N-dealkylation sites (N-methyl/N-ethyl adjacent to an activating group) is 1. The average molecular weight is 349 g/mol. The number of nitro groups is 1. The minimum atomic E-state index is -0.595. The van der Waals surface area contributed by atoms with E-state index < -0.39 is 4.92 Å². The number of carbonyl (C=O) groups is 1. The van der Waals surface area contributed by atoms with Gasteiger partial charge in [0.1, 0.15) is 0 Å². The van der Waals surface area contributed by atoms with E-state index >= 15 is 0 Å². The van der Waals surface area contributed by atoms with E-state index in [2.05, 4.69) is 0 Å². The Balaban J connectivity index is 2.04. The first-order chi connectivity index (χ1) is 11.4. The van der Waals surface area contributed by atoms with E-state index in [1.54, 1.807) is 7.05 Å². The molecule has 0 radical (unpaired) electrons. The fraction of sp³-hybridized carbons (Fsp3) is 0.235. The zero-order valence-corrected chi connectivity index (χ0v) is 14.1. The molecule has 0 spiro atoms. The standard InChI is InChI=1S/C17H17ClN2O4/c1-12(13-6-4-3-5-7-13)19(2)17(21)11-24-16-9-8-14(18)10-15(16)20(22)23/h3-10,12H,11H2,1-2H3. The number of halogens is 1. The van der Waals surface area contributed by atoms with Crippen LogP contribution in [0.2, 0.25) is 5.02 Å². The van der Waals surface area contributed by atoms with Crippen molar-refractivity contribution in [2.24, 2.45) is 0 Å². The van der Waals surface area contributed by atoms with E-state index in [4.69, 9.17) is 16.3 Å². The van der Waals surface area contributed by atoms with Gasteiger partial charge in [0.2, 0.25) is 0 Å². The normalized spacial score (nSPS) is 11.6. The van der Waals surface area contributed by atoms with Gasteiger partial charge in [-0.1, -0.05) is 41.9 Å². The maximum Gasteiger partial charge on any atom is 0.312 e. The number of carbonyl (C=O) groups excluding carboxylic acids is 1. The summed E-state index contributed by atoms with van der Waals surface area (Å²) in [5.74, 6) is -0.269. The zero-order valence-electron chi connectivity index (χ0n) is 13.3. The molecule has 2 rings (SSSR count). The first kappa shape index (κ1) is 17.7. The Morgan fingerprint density at radius 2 is 1.96 bits per heavy atom. The quantitative estimate of drug-likeness (QED) is 0.587. The Morgan fingerprint density at radius 3 is 2.58 bits per heavy atom. The molecule has 0 aliphatic heterocycles. The van der Waals surface area contributed by atoms with Crippen LogP contribution in [0, 0.1) is 10.1 Å². The second kappa shape index (κ2) is 7.79. The predicted molar refractivity (Wildman–Crippen MR) is 91.2 cm³/mol. The van der Waals surface area contributed by atoms with Crippen molar-refractivity contribution < 1.29 is 14.5 Å². The molecule has 0 bridgehead atoms. The summed E-state index contributed by atoms with van der Waals surface area (Å²) < 4.78 is 5.33. The van der Waals surface area contributed by atoms with Gasteiger partial charge in [-0.2, -0.15) is 0 Å². The monoisotopic (exact) mass is 348 g/mol. The second-order valence-electron chi connectivity index (χ2n) is 5.25. The van der Waals surface area contributed by atoms with Crippen molar-refractivity contribution in [2.75, 3.05) is 13.7 Å². The molecule has 0 aliphatic carbocycles. The van der Waals surface area contributed by atoms with Crippen molar-refractivity contribution >= 4 is 23.2 Å². The number of hydrogen-bond donors (Lipinski definition) is 0. The van der Waals surface area contributed by atoms with Crippen molar-refractivity contribution in [1.29, 1.82) is 0 Å². The molecule has 7 heteroatoms. The molecule has 0 aromatic heterocycles. The minimum Gasteiger partial charge on any atom is -0.477 e. The number of amides is 1. The van der Waals surface area contributed by atoms with Crippen LogP contribution in [-0.4, -0.2) is 29.4 Å². The van der Waals surface area contributed by atoms with E-state index in [9.17, 15) is 14.9 Å². The van der Waals surface area contributed by atoms with E-state index in [-0.39, 0.29) is 35.0 Å². The third-order valence-electron chi connectivity index (χ3n) is 3.73. The molecule has 0 saturated heterocycles. The van der Waals surface area contributed by atoms with Crippen LogP contribution >= 0.6 is 11.6 Å². The molecule has 0 heterocycles. The van der Waals surface area contributed by atoms with Crippen LogP contribution in [0.1, 0.15) is 18.5 Å². The van der Waals surface area contributed by atoms with E-state index in [1.807, 2.05) is 37.3 Å². The van der Waals surface area contributed by atoms with Crippen LogP contribution in [0.5, 0.6) is 5.75 Å². The van der Waals surface area contributed by atoms with Crippen LogP contribution in [-0.2, 0) is 4.79 Å². The largest absolute Gasteiger partial charge is 0.477 e. The third kappa shape index (κ3) is 4.23. The van der Waals surface area contributed by atoms with E-state index in [0.29, 0.717) is 0 Å². The Hall–Kier alpha value is -2.60. The predicted octanol–water partition coefficient (Wildman–Crippen LogP) is 3.85. The van der Waals surface area contributed by atoms with Crippen molar-refractivity contribution in [3.05, 3.63) is 69.2 Å². The van der Waals surface area contributed by atoms with E-state index in [1.165, 1.54) is 23.1 Å². The highest BCUT2D eigenvalue weighted by atomic mass is 35.5. The van der Waals surface area contributed by atoms with Gasteiger partial charge in [0.05, 0.1) is 11.0 Å². The summed E-state index contributed by atoms with van der Waals surface area (Å²) in [7, 11) is 1.67. The molecule has 0 N–H and O–H groups in total. The van der Waals surface area contributed by atoms with Crippen molar-refractivity contribution in [3.8, 4) is 5.75 Å². The lowest BCUT2D eigenvalue weighted by Crippen LogP contribution is -2.33. The topological polar surface area (TPSA) is 72.7 Å². The first-order valence-corrected chi connectivity index (χ1v) is 7.65. The van der Waals surface area contributed by atoms with E-state index in [0.717, 1.165) is 5.56 Å². The summed E-state index contributed by atoms with van der Waals surface area (Å²) in [5.41, 5.74) is 0.722. The first-order valence-electron chi connectivity index (χ1n) is 7.27. The molecular weight excluding hydrogens is 332 g/mol. The average Bonchev–Trinajstić information content (AvgIpc) is 2.59. The fourth-order valence-electron chi connectivity index (χ4n) is 2.17. The molecule has 1 amide bonds. The van der Waals surface area contributed by atoms with Gasteiger partial charge in [0.25, 0.3) is 5.91 Å². The molecule has 0 saturated carbocycles.